The molecule has 0 bridgehead atoms. The molecule has 4 heteroatoms. The first-order chi connectivity index (χ1) is 9.78. The van der Waals surface area contributed by atoms with Crippen LogP contribution in [0.5, 0.6) is 0 Å². The van der Waals surface area contributed by atoms with Gasteiger partial charge in [-0.3, -0.25) is 0 Å². The zero-order valence-corrected chi connectivity index (χ0v) is 12.7. The average molecular weight is 274 g/mol. The Bertz CT molecular complexity index is 460. The number of aryl methyl sites for hydroxylation is 1. The fraction of sp³-hybridized carbons (Fsp3) is 0.750. The quantitative estimate of drug-likeness (QED) is 0.914. The minimum Gasteiger partial charge on any atom is -0.354 e. The molecule has 1 aromatic rings. The van der Waals surface area contributed by atoms with Crippen molar-refractivity contribution in [2.75, 3.05) is 23.3 Å². The van der Waals surface area contributed by atoms with Crippen molar-refractivity contribution in [1.29, 1.82) is 0 Å². The molecule has 0 aromatic carbocycles. The Balaban J connectivity index is 1.82. The van der Waals surface area contributed by atoms with Gasteiger partial charge in [0.05, 0.1) is 0 Å². The van der Waals surface area contributed by atoms with Gasteiger partial charge in [-0.25, -0.2) is 4.98 Å². The van der Waals surface area contributed by atoms with Crippen LogP contribution >= 0.6 is 0 Å². The SMILES string of the molecule is CCCNc1nc(C)cc(N2CCCC3CCCC32)n1. The highest BCUT2D eigenvalue weighted by Gasteiger charge is 2.35. The molecular formula is C16H26N4. The summed E-state index contributed by atoms with van der Waals surface area (Å²) < 4.78 is 0. The molecule has 20 heavy (non-hydrogen) atoms. The summed E-state index contributed by atoms with van der Waals surface area (Å²) in [5.41, 5.74) is 1.06. The van der Waals surface area contributed by atoms with E-state index in [0.29, 0.717) is 0 Å². The maximum Gasteiger partial charge on any atom is 0.224 e. The largest absolute Gasteiger partial charge is 0.354 e. The van der Waals surface area contributed by atoms with Gasteiger partial charge in [0.2, 0.25) is 5.95 Å². The minimum atomic E-state index is 0.720. The van der Waals surface area contributed by atoms with Gasteiger partial charge in [0.15, 0.2) is 0 Å². The van der Waals surface area contributed by atoms with Gasteiger partial charge in [-0.15, -0.1) is 0 Å². The van der Waals surface area contributed by atoms with Crippen molar-refractivity contribution in [3.8, 4) is 0 Å². The Morgan fingerprint density at radius 3 is 2.95 bits per heavy atom. The van der Waals surface area contributed by atoms with Crippen LogP contribution in [0.4, 0.5) is 11.8 Å². The van der Waals surface area contributed by atoms with Gasteiger partial charge in [-0.2, -0.15) is 4.98 Å². The summed E-state index contributed by atoms with van der Waals surface area (Å²) in [6.45, 7) is 6.33. The fourth-order valence-corrected chi connectivity index (χ4v) is 3.75. The molecule has 0 radical (unpaired) electrons. The van der Waals surface area contributed by atoms with E-state index in [4.69, 9.17) is 4.98 Å². The summed E-state index contributed by atoms with van der Waals surface area (Å²) >= 11 is 0. The van der Waals surface area contributed by atoms with E-state index in [0.717, 1.165) is 48.9 Å². The topological polar surface area (TPSA) is 41.1 Å². The molecule has 1 aliphatic heterocycles. The second-order valence-corrected chi connectivity index (χ2v) is 6.21. The van der Waals surface area contributed by atoms with E-state index >= 15 is 0 Å². The molecule has 1 saturated carbocycles. The maximum absolute atomic E-state index is 4.76. The van der Waals surface area contributed by atoms with Crippen LogP contribution in [0.2, 0.25) is 0 Å². The lowest BCUT2D eigenvalue weighted by Crippen LogP contribution is -2.43. The maximum atomic E-state index is 4.76. The number of hydrogen-bond acceptors (Lipinski definition) is 4. The normalized spacial score (nSPS) is 25.6. The van der Waals surface area contributed by atoms with Crippen LogP contribution in [0.1, 0.15) is 51.1 Å². The van der Waals surface area contributed by atoms with E-state index in [1.165, 1.54) is 32.1 Å². The summed E-state index contributed by atoms with van der Waals surface area (Å²) in [6.07, 6.45) is 7.95. The molecule has 1 aliphatic carbocycles. The van der Waals surface area contributed by atoms with Gasteiger partial charge >= 0.3 is 0 Å². The Morgan fingerprint density at radius 1 is 1.25 bits per heavy atom. The molecule has 2 aliphatic rings. The third-order valence-corrected chi connectivity index (χ3v) is 4.66. The van der Waals surface area contributed by atoms with Gasteiger partial charge < -0.3 is 10.2 Å². The van der Waals surface area contributed by atoms with Gasteiger partial charge in [0.1, 0.15) is 5.82 Å². The van der Waals surface area contributed by atoms with Crippen LogP contribution in [0.25, 0.3) is 0 Å². The smallest absolute Gasteiger partial charge is 0.224 e. The summed E-state index contributed by atoms with van der Waals surface area (Å²) in [7, 11) is 0. The van der Waals surface area contributed by atoms with Crippen LogP contribution in [-0.2, 0) is 0 Å². The fourth-order valence-electron chi connectivity index (χ4n) is 3.75. The summed E-state index contributed by atoms with van der Waals surface area (Å²) in [5, 5.41) is 3.33. The van der Waals surface area contributed by atoms with Crippen molar-refractivity contribution in [3.05, 3.63) is 11.8 Å². The first-order valence-electron chi connectivity index (χ1n) is 8.14. The molecule has 2 fully saturated rings. The molecule has 1 N–H and O–H groups in total. The highest BCUT2D eigenvalue weighted by atomic mass is 15.3. The van der Waals surface area contributed by atoms with E-state index in [9.17, 15) is 0 Å². The summed E-state index contributed by atoms with van der Waals surface area (Å²) in [5.74, 6) is 2.82. The van der Waals surface area contributed by atoms with E-state index in [-0.39, 0.29) is 0 Å². The number of nitrogens with zero attached hydrogens (tertiary/aromatic N) is 3. The Hall–Kier alpha value is -1.32. The number of rotatable bonds is 4. The van der Waals surface area contributed by atoms with Gasteiger partial charge in [0, 0.05) is 30.9 Å². The van der Waals surface area contributed by atoms with Crippen molar-refractivity contribution in [3.63, 3.8) is 0 Å². The first-order valence-corrected chi connectivity index (χ1v) is 8.14. The second-order valence-electron chi connectivity index (χ2n) is 6.21. The van der Waals surface area contributed by atoms with Crippen LogP contribution in [-0.4, -0.2) is 29.1 Å². The van der Waals surface area contributed by atoms with E-state index < -0.39 is 0 Å². The molecule has 1 saturated heterocycles. The highest BCUT2D eigenvalue weighted by Crippen LogP contribution is 2.38. The number of aromatic nitrogens is 2. The van der Waals surface area contributed by atoms with Gasteiger partial charge in [-0.1, -0.05) is 13.3 Å². The van der Waals surface area contributed by atoms with Crippen LogP contribution in [0.3, 0.4) is 0 Å². The standard InChI is InChI=1S/C16H26N4/c1-3-9-17-16-18-12(2)11-15(19-16)20-10-5-7-13-6-4-8-14(13)20/h11,13-14H,3-10H2,1-2H3,(H,17,18,19). The second kappa shape index (κ2) is 5.98. The minimum absolute atomic E-state index is 0.720. The Morgan fingerprint density at radius 2 is 2.10 bits per heavy atom. The van der Waals surface area contributed by atoms with Gasteiger partial charge in [-0.05, 0) is 44.9 Å². The third-order valence-electron chi connectivity index (χ3n) is 4.66. The van der Waals surface area contributed by atoms with Crippen LogP contribution in [0.15, 0.2) is 6.07 Å². The Kier molecular flexibility index (Phi) is 4.08. The molecule has 2 unspecified atom stereocenters. The van der Waals surface area contributed by atoms with Crippen LogP contribution in [0, 0.1) is 12.8 Å². The lowest BCUT2D eigenvalue weighted by molar-refractivity contribution is 0.360. The van der Waals surface area contributed by atoms with E-state index in [1.54, 1.807) is 0 Å². The molecule has 4 nitrogen and oxygen atoms in total. The van der Waals surface area contributed by atoms with Crippen molar-refractivity contribution in [2.45, 2.75) is 58.4 Å². The molecule has 1 aromatic heterocycles. The molecule has 3 rings (SSSR count). The molecule has 2 heterocycles. The lowest BCUT2D eigenvalue weighted by Gasteiger charge is -2.38. The predicted octanol–water partition coefficient (Wildman–Crippen LogP) is 3.38. The third kappa shape index (κ3) is 2.74. The van der Waals surface area contributed by atoms with Crippen molar-refractivity contribution < 1.29 is 0 Å². The van der Waals surface area contributed by atoms with Gasteiger partial charge in [0.25, 0.3) is 0 Å². The zero-order valence-electron chi connectivity index (χ0n) is 12.7. The highest BCUT2D eigenvalue weighted by molar-refractivity contribution is 5.46. The predicted molar refractivity (Wildman–Crippen MR) is 83.3 cm³/mol. The monoisotopic (exact) mass is 274 g/mol. The van der Waals surface area contributed by atoms with Crippen LogP contribution < -0.4 is 10.2 Å². The van der Waals surface area contributed by atoms with E-state index in [1.807, 2.05) is 0 Å². The lowest BCUT2D eigenvalue weighted by atomic mass is 9.92. The average Bonchev–Trinajstić information content (AvgIpc) is 2.92. The van der Waals surface area contributed by atoms with Crippen molar-refractivity contribution in [1.82, 2.24) is 9.97 Å². The number of anilines is 2. The number of fused-ring (bicyclic) bond motifs is 1. The molecule has 0 spiro atoms. The zero-order chi connectivity index (χ0) is 13.9. The summed E-state index contributed by atoms with van der Waals surface area (Å²) in [6, 6.07) is 2.87. The molecular weight excluding hydrogens is 248 g/mol. The van der Waals surface area contributed by atoms with Crippen molar-refractivity contribution in [2.24, 2.45) is 5.92 Å². The van der Waals surface area contributed by atoms with Crippen molar-refractivity contribution >= 4 is 11.8 Å². The molecule has 0 amide bonds. The first kappa shape index (κ1) is 13.7. The molecule has 110 valence electrons. The Labute approximate surface area is 122 Å². The van der Waals surface area contributed by atoms with E-state index in [2.05, 4.69) is 35.1 Å². The molecule has 2 atom stereocenters. The number of piperidine rings is 1. The summed E-state index contributed by atoms with van der Waals surface area (Å²) in [4.78, 5) is 11.8. The number of hydrogen-bond donors (Lipinski definition) is 1. The number of nitrogens with one attached hydrogen (secondary N) is 1.